The van der Waals surface area contributed by atoms with E-state index in [9.17, 15) is 0 Å². The molecule has 0 spiro atoms. The SMILES string of the molecule is Cc1cccc(NC(=S)NNc2nc(N3CCCC3)nc(N3CCCC3)n2)c1C. The van der Waals surface area contributed by atoms with Gasteiger partial charge in [0.1, 0.15) is 0 Å². The van der Waals surface area contributed by atoms with Crippen LogP contribution in [0.5, 0.6) is 0 Å². The lowest BCUT2D eigenvalue weighted by Gasteiger charge is -2.21. The van der Waals surface area contributed by atoms with E-state index in [-0.39, 0.29) is 0 Å². The molecule has 8 nitrogen and oxygen atoms in total. The molecule has 2 fully saturated rings. The van der Waals surface area contributed by atoms with Crippen molar-refractivity contribution >= 4 is 40.9 Å². The summed E-state index contributed by atoms with van der Waals surface area (Å²) < 4.78 is 0. The van der Waals surface area contributed by atoms with Crippen LogP contribution >= 0.6 is 12.2 Å². The van der Waals surface area contributed by atoms with E-state index in [0.29, 0.717) is 11.1 Å². The third-order valence-electron chi connectivity index (χ3n) is 5.53. The number of aryl methyl sites for hydroxylation is 1. The molecule has 2 saturated heterocycles. The molecule has 2 aliphatic heterocycles. The quantitative estimate of drug-likeness (QED) is 0.507. The number of hydrazine groups is 1. The zero-order chi connectivity index (χ0) is 20.2. The van der Waals surface area contributed by atoms with Gasteiger partial charge in [-0.2, -0.15) is 15.0 Å². The molecule has 3 heterocycles. The Kier molecular flexibility index (Phi) is 5.94. The number of hydrogen-bond acceptors (Lipinski definition) is 7. The van der Waals surface area contributed by atoms with Gasteiger partial charge < -0.3 is 15.1 Å². The van der Waals surface area contributed by atoms with Crippen molar-refractivity contribution in [3.05, 3.63) is 29.3 Å². The molecule has 0 amide bonds. The van der Waals surface area contributed by atoms with Crippen molar-refractivity contribution in [1.29, 1.82) is 0 Å². The van der Waals surface area contributed by atoms with Crippen LogP contribution in [-0.2, 0) is 0 Å². The minimum Gasteiger partial charge on any atom is -0.341 e. The Hall–Kier alpha value is -2.68. The summed E-state index contributed by atoms with van der Waals surface area (Å²) in [5, 5.41) is 3.69. The largest absolute Gasteiger partial charge is 0.341 e. The van der Waals surface area contributed by atoms with Crippen molar-refractivity contribution in [2.45, 2.75) is 39.5 Å². The van der Waals surface area contributed by atoms with E-state index in [2.05, 4.69) is 55.8 Å². The summed E-state index contributed by atoms with van der Waals surface area (Å²) in [6.07, 6.45) is 4.70. The molecule has 3 N–H and O–H groups in total. The van der Waals surface area contributed by atoms with Gasteiger partial charge >= 0.3 is 0 Å². The molecule has 0 saturated carbocycles. The molecule has 2 aliphatic rings. The number of benzene rings is 1. The second-order valence-electron chi connectivity index (χ2n) is 7.60. The number of hydrogen-bond donors (Lipinski definition) is 3. The number of rotatable bonds is 5. The van der Waals surface area contributed by atoms with Crippen molar-refractivity contribution < 1.29 is 0 Å². The lowest BCUT2D eigenvalue weighted by molar-refractivity contribution is 0.834. The molecule has 9 heteroatoms. The standard InChI is InChI=1S/C20H28N8S/c1-14-8-7-9-16(15(14)2)21-20(29)26-25-17-22-18(27-10-3-4-11-27)24-19(23-17)28-12-5-6-13-28/h7-9H,3-6,10-13H2,1-2H3,(H2,21,26,29)(H,22,23,24,25). The van der Waals surface area contributed by atoms with Crippen molar-refractivity contribution in [3.8, 4) is 0 Å². The van der Waals surface area contributed by atoms with Gasteiger partial charge in [0, 0.05) is 31.9 Å². The van der Waals surface area contributed by atoms with Crippen LogP contribution in [0.15, 0.2) is 18.2 Å². The highest BCUT2D eigenvalue weighted by molar-refractivity contribution is 7.80. The van der Waals surface area contributed by atoms with Gasteiger partial charge in [-0.3, -0.25) is 10.9 Å². The van der Waals surface area contributed by atoms with Crippen LogP contribution in [0.2, 0.25) is 0 Å². The summed E-state index contributed by atoms with van der Waals surface area (Å²) in [7, 11) is 0. The van der Waals surface area contributed by atoms with Crippen LogP contribution in [0.3, 0.4) is 0 Å². The maximum atomic E-state index is 5.44. The maximum Gasteiger partial charge on any atom is 0.248 e. The van der Waals surface area contributed by atoms with Crippen LogP contribution in [0.4, 0.5) is 23.5 Å². The fraction of sp³-hybridized carbons (Fsp3) is 0.500. The molecule has 154 valence electrons. The second kappa shape index (κ2) is 8.77. The minimum atomic E-state index is 0.463. The Bertz CT molecular complexity index is 841. The number of aromatic nitrogens is 3. The summed E-state index contributed by atoms with van der Waals surface area (Å²) in [6.45, 7) is 8.11. The van der Waals surface area contributed by atoms with E-state index in [4.69, 9.17) is 17.2 Å². The van der Waals surface area contributed by atoms with Crippen LogP contribution < -0.4 is 26.0 Å². The van der Waals surface area contributed by atoms with E-state index in [1.54, 1.807) is 0 Å². The van der Waals surface area contributed by atoms with Gasteiger partial charge in [0.05, 0.1) is 0 Å². The fourth-order valence-corrected chi connectivity index (χ4v) is 3.84. The molecule has 4 rings (SSSR count). The predicted molar refractivity (Wildman–Crippen MR) is 122 cm³/mol. The monoisotopic (exact) mass is 412 g/mol. The summed E-state index contributed by atoms with van der Waals surface area (Å²) >= 11 is 5.44. The summed E-state index contributed by atoms with van der Waals surface area (Å²) in [6, 6.07) is 6.10. The average molecular weight is 413 g/mol. The summed E-state index contributed by atoms with van der Waals surface area (Å²) in [5.41, 5.74) is 9.44. The number of anilines is 4. The first kappa shape index (κ1) is 19.6. The van der Waals surface area contributed by atoms with Gasteiger partial charge in [0.2, 0.25) is 17.8 Å². The minimum absolute atomic E-state index is 0.463. The Morgan fingerprint density at radius 1 is 0.897 bits per heavy atom. The van der Waals surface area contributed by atoms with E-state index in [0.717, 1.165) is 43.8 Å². The molecule has 0 aliphatic carbocycles. The topological polar surface area (TPSA) is 81.2 Å². The fourth-order valence-electron chi connectivity index (χ4n) is 3.68. The molecule has 0 bridgehead atoms. The van der Waals surface area contributed by atoms with Crippen LogP contribution in [0.1, 0.15) is 36.8 Å². The number of nitrogens with one attached hydrogen (secondary N) is 3. The molecule has 0 unspecified atom stereocenters. The van der Waals surface area contributed by atoms with Gasteiger partial charge in [-0.05, 0) is 68.9 Å². The first-order chi connectivity index (χ1) is 14.1. The normalized spacial score (nSPS) is 16.2. The Labute approximate surface area is 177 Å². The van der Waals surface area contributed by atoms with Crippen LogP contribution in [0.25, 0.3) is 0 Å². The maximum absolute atomic E-state index is 5.44. The zero-order valence-electron chi connectivity index (χ0n) is 17.0. The predicted octanol–water partition coefficient (Wildman–Crippen LogP) is 3.00. The average Bonchev–Trinajstić information content (AvgIpc) is 3.44. The Balaban J connectivity index is 1.46. The van der Waals surface area contributed by atoms with E-state index in [1.807, 2.05) is 12.1 Å². The molecule has 2 aromatic rings. The molecule has 29 heavy (non-hydrogen) atoms. The Morgan fingerprint density at radius 3 is 2.07 bits per heavy atom. The smallest absolute Gasteiger partial charge is 0.248 e. The number of nitrogens with zero attached hydrogens (tertiary/aromatic N) is 5. The van der Waals surface area contributed by atoms with E-state index in [1.165, 1.54) is 36.8 Å². The van der Waals surface area contributed by atoms with Gasteiger partial charge in [-0.25, -0.2) is 0 Å². The third-order valence-corrected chi connectivity index (χ3v) is 5.73. The van der Waals surface area contributed by atoms with Gasteiger partial charge in [0.25, 0.3) is 0 Å². The van der Waals surface area contributed by atoms with Gasteiger partial charge in [-0.15, -0.1) is 0 Å². The number of thiocarbonyl (C=S) groups is 1. The lowest BCUT2D eigenvalue weighted by Crippen LogP contribution is -2.35. The first-order valence-electron chi connectivity index (χ1n) is 10.3. The van der Waals surface area contributed by atoms with E-state index < -0.39 is 0 Å². The molecule has 0 atom stereocenters. The molecule has 0 radical (unpaired) electrons. The molecule has 1 aromatic heterocycles. The van der Waals surface area contributed by atoms with Gasteiger partial charge in [-0.1, -0.05) is 12.1 Å². The molecular weight excluding hydrogens is 384 g/mol. The Morgan fingerprint density at radius 2 is 1.48 bits per heavy atom. The van der Waals surface area contributed by atoms with Gasteiger partial charge in [0.15, 0.2) is 5.11 Å². The van der Waals surface area contributed by atoms with Crippen molar-refractivity contribution in [2.75, 3.05) is 46.7 Å². The van der Waals surface area contributed by atoms with Crippen LogP contribution in [0, 0.1) is 13.8 Å². The zero-order valence-corrected chi connectivity index (χ0v) is 17.8. The highest BCUT2D eigenvalue weighted by Crippen LogP contribution is 2.22. The lowest BCUT2D eigenvalue weighted by atomic mass is 10.1. The van der Waals surface area contributed by atoms with Crippen LogP contribution in [-0.4, -0.2) is 46.2 Å². The van der Waals surface area contributed by atoms with Crippen molar-refractivity contribution in [2.24, 2.45) is 0 Å². The molecule has 1 aromatic carbocycles. The molecular formula is C20H28N8S. The summed E-state index contributed by atoms with van der Waals surface area (Å²) in [5.74, 6) is 1.95. The summed E-state index contributed by atoms with van der Waals surface area (Å²) in [4.78, 5) is 18.4. The third kappa shape index (κ3) is 4.67. The second-order valence-corrected chi connectivity index (χ2v) is 8.01. The van der Waals surface area contributed by atoms with Crippen molar-refractivity contribution in [1.82, 2.24) is 20.4 Å². The first-order valence-corrected chi connectivity index (χ1v) is 10.7. The van der Waals surface area contributed by atoms with E-state index >= 15 is 0 Å². The van der Waals surface area contributed by atoms with Crippen molar-refractivity contribution in [3.63, 3.8) is 0 Å². The highest BCUT2D eigenvalue weighted by atomic mass is 32.1. The highest BCUT2D eigenvalue weighted by Gasteiger charge is 2.21.